The molecule has 370 valence electrons. The second kappa shape index (κ2) is 29.4. The molecule has 0 aliphatic carbocycles. The highest BCUT2D eigenvalue weighted by Crippen LogP contribution is 2.31. The average molecular weight is 1040 g/mol. The van der Waals surface area contributed by atoms with Crippen molar-refractivity contribution < 1.29 is 33.4 Å². The van der Waals surface area contributed by atoms with Gasteiger partial charge in [-0.3, -0.25) is 4.79 Å². The third-order valence-corrected chi connectivity index (χ3v) is 11.9. The molecule has 6 aromatic carbocycles. The maximum atomic E-state index is 11.7. The minimum atomic E-state index is -0.377. The monoisotopic (exact) mass is 1040 g/mol. The van der Waals surface area contributed by atoms with E-state index in [9.17, 15) is 19.2 Å². The third kappa shape index (κ3) is 17.6. The maximum absolute atomic E-state index is 11.7. The molecule has 2 aromatic heterocycles. The number of nitrogens with zero attached hydrogens (tertiary/aromatic N) is 3. The smallest absolute Gasteiger partial charge is 0.338 e. The first-order valence-electron chi connectivity index (χ1n) is 22.5. The van der Waals surface area contributed by atoms with Gasteiger partial charge in [-0.1, -0.05) is 103 Å². The van der Waals surface area contributed by atoms with Crippen LogP contribution in [0.3, 0.4) is 0 Å². The standard InChI is InChI=1S/C19H18N2O2S.C18H16N2O2S.C11H12ClNO3.C7H7NS/c1-3-23-19(22)15-9-11-16(12-10-15)21(2)17-13-24-18(20-17)14-7-5-4-6-8-14;1-2-22-18(21)14-8-10-15(11-9-14)19-16-12-23-17(20-16)13-6-4-3-5-7-13;1-2-16-11(15)8-3-5-9(6-4-8)13-10(14)7-12;8-7(9)6-4-2-1-3-5-6/h4-13H,3H2,1-2H3;3-12,19H,2H2,1H3;3-6H,2,7H2,1H3,(H,13,14);1-5H,(H2,8,9). The largest absolute Gasteiger partial charge is 0.462 e. The number of aromatic nitrogens is 2. The van der Waals surface area contributed by atoms with Gasteiger partial charge in [0.25, 0.3) is 0 Å². The van der Waals surface area contributed by atoms with Crippen molar-refractivity contribution in [3.8, 4) is 21.1 Å². The van der Waals surface area contributed by atoms with Crippen LogP contribution in [0.5, 0.6) is 0 Å². The highest BCUT2D eigenvalue weighted by Gasteiger charge is 2.13. The van der Waals surface area contributed by atoms with E-state index in [1.807, 2.05) is 126 Å². The lowest BCUT2D eigenvalue weighted by atomic mass is 10.2. The summed E-state index contributed by atoms with van der Waals surface area (Å²) < 4.78 is 14.8. The van der Waals surface area contributed by atoms with Gasteiger partial charge >= 0.3 is 17.9 Å². The Morgan fingerprint density at radius 1 is 0.569 bits per heavy atom. The van der Waals surface area contributed by atoms with E-state index >= 15 is 0 Å². The predicted octanol–water partition coefficient (Wildman–Crippen LogP) is 12.8. The molecule has 13 nitrogen and oxygen atoms in total. The molecule has 8 aromatic rings. The molecule has 17 heteroatoms. The molecular formula is C55H53ClN6O7S3. The SMILES string of the molecule is CCOC(=O)c1ccc(N(C)c2csc(-c3ccccc3)n2)cc1.CCOC(=O)c1ccc(NC(=O)CCl)cc1.CCOC(=O)c1ccc(Nc2csc(-c3ccccc3)n2)cc1.NC(=S)c1ccccc1. The summed E-state index contributed by atoms with van der Waals surface area (Å²) in [6.45, 7) is 6.42. The summed E-state index contributed by atoms with van der Waals surface area (Å²) in [6, 6.07) is 50.6. The fourth-order valence-corrected chi connectivity index (χ4v) is 7.91. The normalized spacial score (nSPS) is 10.0. The van der Waals surface area contributed by atoms with Gasteiger partial charge in [-0.2, -0.15) is 0 Å². The molecule has 0 unspecified atom stereocenters. The van der Waals surface area contributed by atoms with Gasteiger partial charge < -0.3 is 35.5 Å². The Morgan fingerprint density at radius 3 is 1.42 bits per heavy atom. The van der Waals surface area contributed by atoms with Gasteiger partial charge in [0.1, 0.15) is 32.5 Å². The van der Waals surface area contributed by atoms with Crippen LogP contribution in [0.15, 0.2) is 175 Å². The van der Waals surface area contributed by atoms with Crippen molar-refractivity contribution in [2.45, 2.75) is 20.8 Å². The first-order chi connectivity index (χ1) is 34.9. The Morgan fingerprint density at radius 2 is 0.986 bits per heavy atom. The van der Waals surface area contributed by atoms with Crippen molar-refractivity contribution in [3.63, 3.8) is 0 Å². The van der Waals surface area contributed by atoms with Gasteiger partial charge in [0.2, 0.25) is 5.91 Å². The quantitative estimate of drug-likeness (QED) is 0.0383. The number of thiazole rings is 2. The van der Waals surface area contributed by atoms with Crippen molar-refractivity contribution >= 4 is 104 Å². The van der Waals surface area contributed by atoms with E-state index in [2.05, 4.69) is 27.8 Å². The molecule has 0 spiro atoms. The molecule has 0 atom stereocenters. The topological polar surface area (TPSA) is 175 Å². The van der Waals surface area contributed by atoms with Crippen LogP contribution < -0.4 is 21.3 Å². The Balaban J connectivity index is 0.000000188. The molecule has 0 aliphatic rings. The molecule has 0 saturated carbocycles. The summed E-state index contributed by atoms with van der Waals surface area (Å²) in [7, 11) is 1.96. The highest BCUT2D eigenvalue weighted by molar-refractivity contribution is 7.80. The number of carbonyl (C=O) groups excluding carboxylic acids is 4. The number of benzene rings is 6. The Bertz CT molecular complexity index is 2940. The molecular weight excluding hydrogens is 988 g/mol. The second-order valence-electron chi connectivity index (χ2n) is 14.7. The molecule has 2 heterocycles. The number of esters is 3. The van der Waals surface area contributed by atoms with E-state index < -0.39 is 0 Å². The molecule has 0 radical (unpaired) electrons. The van der Waals surface area contributed by atoms with Crippen molar-refractivity contribution in [2.24, 2.45) is 5.73 Å². The number of nitrogens with two attached hydrogens (primary N) is 1. The van der Waals surface area contributed by atoms with E-state index in [4.69, 9.17) is 48.7 Å². The second-order valence-corrected chi connectivity index (χ2v) is 17.2. The fraction of sp³-hybridized carbons (Fsp3) is 0.145. The zero-order valence-electron chi connectivity index (χ0n) is 40.0. The van der Waals surface area contributed by atoms with E-state index in [0.29, 0.717) is 47.2 Å². The minimum absolute atomic E-state index is 0.0976. The third-order valence-electron chi connectivity index (χ3n) is 9.68. The fourth-order valence-electron chi connectivity index (χ4n) is 6.10. The molecule has 0 bridgehead atoms. The zero-order chi connectivity index (χ0) is 51.7. The van der Waals surface area contributed by atoms with E-state index in [0.717, 1.165) is 49.7 Å². The first-order valence-corrected chi connectivity index (χ1v) is 25.2. The Labute approximate surface area is 437 Å². The van der Waals surface area contributed by atoms with Gasteiger partial charge in [0.05, 0.1) is 36.5 Å². The summed E-state index contributed by atoms with van der Waals surface area (Å²) in [4.78, 5) is 57.3. The van der Waals surface area contributed by atoms with Gasteiger partial charge in [-0.05, 0) is 93.6 Å². The van der Waals surface area contributed by atoms with Crippen LogP contribution in [0.25, 0.3) is 21.1 Å². The average Bonchev–Trinajstić information content (AvgIpc) is 4.12. The molecule has 8 rings (SSSR count). The van der Waals surface area contributed by atoms with Crippen LogP contribution in [-0.2, 0) is 19.0 Å². The van der Waals surface area contributed by atoms with Gasteiger partial charge in [0.15, 0.2) is 0 Å². The summed E-state index contributed by atoms with van der Waals surface area (Å²) in [5, 5.41) is 11.8. The number of nitrogens with one attached hydrogen (secondary N) is 2. The number of anilines is 5. The van der Waals surface area contributed by atoms with E-state index in [-0.39, 0.29) is 29.7 Å². The summed E-state index contributed by atoms with van der Waals surface area (Å²) in [6.07, 6.45) is 0. The lowest BCUT2D eigenvalue weighted by molar-refractivity contribution is -0.113. The first kappa shape index (κ1) is 55.2. The van der Waals surface area contributed by atoms with E-state index in [1.165, 1.54) is 0 Å². The number of amides is 1. The number of rotatable bonds is 15. The number of halogens is 1. The van der Waals surface area contributed by atoms with Crippen LogP contribution in [0.4, 0.5) is 28.7 Å². The summed E-state index contributed by atoms with van der Waals surface area (Å²) in [5.41, 5.74) is 12.5. The molecule has 4 N–H and O–H groups in total. The Hall–Kier alpha value is -7.76. The molecule has 1 amide bonds. The van der Waals surface area contributed by atoms with Crippen molar-refractivity contribution in [3.05, 3.63) is 197 Å². The van der Waals surface area contributed by atoms with Crippen LogP contribution in [0.2, 0.25) is 0 Å². The zero-order valence-corrected chi connectivity index (χ0v) is 43.2. The van der Waals surface area contributed by atoms with E-state index in [1.54, 1.807) is 92.0 Å². The predicted molar refractivity (Wildman–Crippen MR) is 295 cm³/mol. The highest BCUT2D eigenvalue weighted by atomic mass is 35.5. The van der Waals surface area contributed by atoms with Gasteiger partial charge in [-0.25, -0.2) is 24.4 Å². The maximum Gasteiger partial charge on any atom is 0.338 e. The number of ether oxygens (including phenoxy) is 3. The number of alkyl halides is 1. The number of thiocarbonyl (C=S) groups is 1. The molecule has 72 heavy (non-hydrogen) atoms. The Kier molecular flexibility index (Phi) is 22.5. The van der Waals surface area contributed by atoms with Gasteiger partial charge in [0, 0.05) is 51.6 Å². The van der Waals surface area contributed by atoms with Crippen LogP contribution in [0, 0.1) is 0 Å². The minimum Gasteiger partial charge on any atom is -0.462 e. The number of hydrogen-bond acceptors (Lipinski definition) is 14. The summed E-state index contributed by atoms with van der Waals surface area (Å²) in [5.74, 6) is 0.300. The number of hydrogen-bond donors (Lipinski definition) is 3. The van der Waals surface area contributed by atoms with Crippen molar-refractivity contribution in [2.75, 3.05) is 48.3 Å². The lowest BCUT2D eigenvalue weighted by Crippen LogP contribution is -2.12. The molecule has 0 aliphatic heterocycles. The lowest BCUT2D eigenvalue weighted by Gasteiger charge is -2.16. The van der Waals surface area contributed by atoms with Crippen LogP contribution in [-0.4, -0.2) is 71.5 Å². The van der Waals surface area contributed by atoms with Gasteiger partial charge in [-0.15, -0.1) is 34.3 Å². The molecule has 0 fully saturated rings. The number of carbonyl (C=O) groups is 4. The van der Waals surface area contributed by atoms with Crippen molar-refractivity contribution in [1.82, 2.24) is 9.97 Å². The van der Waals surface area contributed by atoms with Crippen LogP contribution in [0.1, 0.15) is 57.4 Å². The van der Waals surface area contributed by atoms with Crippen molar-refractivity contribution in [1.29, 1.82) is 0 Å². The summed E-state index contributed by atoms with van der Waals surface area (Å²) >= 11 is 13.3. The molecule has 0 saturated heterocycles. The van der Waals surface area contributed by atoms with Crippen LogP contribution >= 0.6 is 46.5 Å².